The van der Waals surface area contributed by atoms with Crippen molar-refractivity contribution in [3.63, 3.8) is 0 Å². The third-order valence-corrected chi connectivity index (χ3v) is 4.12. The Hall–Kier alpha value is -3.12. The average molecular weight is 370 g/mol. The highest BCUT2D eigenvalue weighted by atomic mass is 19.4. The molecule has 0 atom stereocenters. The Bertz CT molecular complexity index is 933. The summed E-state index contributed by atoms with van der Waals surface area (Å²) in [5, 5.41) is 2.79. The van der Waals surface area contributed by atoms with Gasteiger partial charge in [-0.25, -0.2) is 0 Å². The molecule has 0 heterocycles. The third-order valence-electron chi connectivity index (χ3n) is 4.12. The highest BCUT2D eigenvalue weighted by molar-refractivity contribution is 6.04. The second-order valence-electron chi connectivity index (χ2n) is 6.01. The molecule has 138 valence electrons. The van der Waals surface area contributed by atoms with Gasteiger partial charge in [0.1, 0.15) is 0 Å². The molecule has 3 aromatic carbocycles. The summed E-state index contributed by atoms with van der Waals surface area (Å²) in [6.45, 7) is 0.420. The molecule has 3 aromatic rings. The van der Waals surface area contributed by atoms with Crippen LogP contribution < -0.4 is 11.1 Å². The van der Waals surface area contributed by atoms with Crippen molar-refractivity contribution in [2.75, 3.05) is 5.32 Å². The molecule has 6 heteroatoms. The van der Waals surface area contributed by atoms with Crippen molar-refractivity contribution in [1.82, 2.24) is 0 Å². The van der Waals surface area contributed by atoms with Gasteiger partial charge in [-0.15, -0.1) is 0 Å². The number of hydrogen-bond donors (Lipinski definition) is 2. The standard InChI is InChI=1S/C21H17F3N2O/c22-21(23,24)18-8-6-15(7-9-18)16-2-1-3-17(12-16)20(27)26-19-10-4-14(13-25)5-11-19/h1-12H,13,25H2,(H,26,27). The van der Waals surface area contributed by atoms with Crippen LogP contribution in [0.5, 0.6) is 0 Å². The van der Waals surface area contributed by atoms with E-state index in [1.54, 1.807) is 36.4 Å². The van der Waals surface area contributed by atoms with Gasteiger partial charge in [0.15, 0.2) is 0 Å². The van der Waals surface area contributed by atoms with Crippen LogP contribution in [-0.2, 0) is 12.7 Å². The monoisotopic (exact) mass is 370 g/mol. The maximum atomic E-state index is 12.7. The van der Waals surface area contributed by atoms with Crippen molar-refractivity contribution in [1.29, 1.82) is 0 Å². The second-order valence-corrected chi connectivity index (χ2v) is 6.01. The molecule has 1 amide bonds. The van der Waals surface area contributed by atoms with E-state index in [-0.39, 0.29) is 5.91 Å². The molecule has 0 aromatic heterocycles. The Morgan fingerprint density at radius 3 is 2.15 bits per heavy atom. The zero-order valence-electron chi connectivity index (χ0n) is 14.3. The topological polar surface area (TPSA) is 55.1 Å². The molecule has 3 N–H and O–H groups in total. The summed E-state index contributed by atoms with van der Waals surface area (Å²) < 4.78 is 38.1. The summed E-state index contributed by atoms with van der Waals surface area (Å²) >= 11 is 0. The van der Waals surface area contributed by atoms with Crippen LogP contribution in [0.2, 0.25) is 0 Å². The van der Waals surface area contributed by atoms with Crippen molar-refractivity contribution in [2.24, 2.45) is 5.73 Å². The molecular formula is C21H17F3N2O. The molecule has 0 aliphatic rings. The fourth-order valence-corrected chi connectivity index (χ4v) is 2.62. The van der Waals surface area contributed by atoms with Crippen LogP contribution in [0.4, 0.5) is 18.9 Å². The zero-order chi connectivity index (χ0) is 19.4. The number of anilines is 1. The lowest BCUT2D eigenvalue weighted by Gasteiger charge is -2.10. The lowest BCUT2D eigenvalue weighted by molar-refractivity contribution is -0.137. The van der Waals surface area contributed by atoms with Gasteiger partial charge in [0, 0.05) is 17.8 Å². The highest BCUT2D eigenvalue weighted by Crippen LogP contribution is 2.31. The molecule has 0 bridgehead atoms. The zero-order valence-corrected chi connectivity index (χ0v) is 14.3. The van der Waals surface area contributed by atoms with Gasteiger partial charge < -0.3 is 11.1 Å². The molecule has 0 aliphatic carbocycles. The lowest BCUT2D eigenvalue weighted by atomic mass is 10.0. The molecule has 0 saturated heterocycles. The number of nitrogens with one attached hydrogen (secondary N) is 1. The summed E-state index contributed by atoms with van der Waals surface area (Å²) in [7, 11) is 0. The normalized spacial score (nSPS) is 11.3. The Morgan fingerprint density at radius 2 is 1.56 bits per heavy atom. The van der Waals surface area contributed by atoms with Gasteiger partial charge in [-0.05, 0) is 53.1 Å². The number of carbonyl (C=O) groups excluding carboxylic acids is 1. The molecule has 0 unspecified atom stereocenters. The fourth-order valence-electron chi connectivity index (χ4n) is 2.62. The Labute approximate surface area is 154 Å². The predicted molar refractivity (Wildman–Crippen MR) is 99.2 cm³/mol. The summed E-state index contributed by atoms with van der Waals surface area (Å²) in [5.41, 5.74) is 8.11. The number of benzene rings is 3. The van der Waals surface area contributed by atoms with Crippen LogP contribution in [-0.4, -0.2) is 5.91 Å². The number of nitrogens with two attached hydrogens (primary N) is 1. The summed E-state index contributed by atoms with van der Waals surface area (Å²) in [4.78, 5) is 12.5. The molecule has 3 rings (SSSR count). The van der Waals surface area contributed by atoms with E-state index in [2.05, 4.69) is 5.32 Å². The highest BCUT2D eigenvalue weighted by Gasteiger charge is 2.29. The smallest absolute Gasteiger partial charge is 0.326 e. The van der Waals surface area contributed by atoms with Crippen LogP contribution in [0.15, 0.2) is 72.8 Å². The van der Waals surface area contributed by atoms with Gasteiger partial charge in [-0.1, -0.05) is 36.4 Å². The SMILES string of the molecule is NCc1ccc(NC(=O)c2cccc(-c3ccc(C(F)(F)F)cc3)c2)cc1. The quantitative estimate of drug-likeness (QED) is 0.673. The lowest BCUT2D eigenvalue weighted by Crippen LogP contribution is -2.12. The van der Waals surface area contributed by atoms with E-state index < -0.39 is 11.7 Å². The first-order valence-corrected chi connectivity index (χ1v) is 8.25. The third kappa shape index (κ3) is 4.54. The van der Waals surface area contributed by atoms with Gasteiger partial charge in [0.2, 0.25) is 0 Å². The molecule has 3 nitrogen and oxygen atoms in total. The van der Waals surface area contributed by atoms with Crippen molar-refractivity contribution < 1.29 is 18.0 Å². The summed E-state index contributed by atoms with van der Waals surface area (Å²) in [6.07, 6.45) is -4.38. The number of halogens is 3. The van der Waals surface area contributed by atoms with Crippen LogP contribution in [0.1, 0.15) is 21.5 Å². The molecule has 27 heavy (non-hydrogen) atoms. The van der Waals surface area contributed by atoms with Crippen molar-refractivity contribution in [3.8, 4) is 11.1 Å². The number of alkyl halides is 3. The Morgan fingerprint density at radius 1 is 0.889 bits per heavy atom. The first-order valence-electron chi connectivity index (χ1n) is 8.25. The predicted octanol–water partition coefficient (Wildman–Crippen LogP) is 5.08. The Kier molecular flexibility index (Phi) is 5.28. The molecule has 0 fully saturated rings. The van der Waals surface area contributed by atoms with Crippen LogP contribution in [0.3, 0.4) is 0 Å². The van der Waals surface area contributed by atoms with Crippen LogP contribution >= 0.6 is 0 Å². The summed E-state index contributed by atoms with van der Waals surface area (Å²) in [6, 6.07) is 18.8. The first kappa shape index (κ1) is 18.7. The fraction of sp³-hybridized carbons (Fsp3) is 0.0952. The number of hydrogen-bond acceptors (Lipinski definition) is 2. The molecule has 0 spiro atoms. The Balaban J connectivity index is 1.79. The largest absolute Gasteiger partial charge is 0.416 e. The van der Waals surface area contributed by atoms with E-state index in [1.807, 2.05) is 12.1 Å². The van der Waals surface area contributed by atoms with Gasteiger partial charge in [0.25, 0.3) is 5.91 Å². The minimum atomic E-state index is -4.38. The first-order chi connectivity index (χ1) is 12.9. The summed E-state index contributed by atoms with van der Waals surface area (Å²) in [5.74, 6) is -0.302. The van der Waals surface area contributed by atoms with Crippen molar-refractivity contribution in [2.45, 2.75) is 12.7 Å². The number of rotatable bonds is 4. The average Bonchev–Trinajstić information content (AvgIpc) is 2.68. The van der Waals surface area contributed by atoms with E-state index >= 15 is 0 Å². The van der Waals surface area contributed by atoms with E-state index in [4.69, 9.17) is 5.73 Å². The van der Waals surface area contributed by atoms with Gasteiger partial charge in [-0.3, -0.25) is 4.79 Å². The van der Waals surface area contributed by atoms with Gasteiger partial charge in [0.05, 0.1) is 5.56 Å². The van der Waals surface area contributed by atoms with E-state index in [9.17, 15) is 18.0 Å². The molecule has 0 saturated carbocycles. The van der Waals surface area contributed by atoms with Crippen LogP contribution in [0.25, 0.3) is 11.1 Å². The maximum Gasteiger partial charge on any atom is 0.416 e. The minimum Gasteiger partial charge on any atom is -0.326 e. The maximum absolute atomic E-state index is 12.7. The molecular weight excluding hydrogens is 353 g/mol. The molecule has 0 radical (unpaired) electrons. The van der Waals surface area contributed by atoms with Gasteiger partial charge in [-0.2, -0.15) is 13.2 Å². The number of carbonyl (C=O) groups is 1. The van der Waals surface area contributed by atoms with Crippen molar-refractivity contribution >= 4 is 11.6 Å². The second kappa shape index (κ2) is 7.63. The number of amides is 1. The molecule has 0 aliphatic heterocycles. The van der Waals surface area contributed by atoms with E-state index in [0.717, 1.165) is 17.7 Å². The van der Waals surface area contributed by atoms with E-state index in [0.29, 0.717) is 28.9 Å². The van der Waals surface area contributed by atoms with Gasteiger partial charge >= 0.3 is 6.18 Å². The minimum absolute atomic E-state index is 0.302. The van der Waals surface area contributed by atoms with Crippen LogP contribution in [0, 0.1) is 0 Å². The van der Waals surface area contributed by atoms with Crippen molar-refractivity contribution in [3.05, 3.63) is 89.5 Å². The van der Waals surface area contributed by atoms with E-state index in [1.165, 1.54) is 12.1 Å².